The summed E-state index contributed by atoms with van der Waals surface area (Å²) in [5.74, 6) is 1.50. The van der Waals surface area contributed by atoms with Gasteiger partial charge in [0.05, 0.1) is 11.4 Å². The molecular formula is C22H20ClN5O2S2. The smallest absolute Gasteiger partial charge is 0.236 e. The first-order chi connectivity index (χ1) is 15.5. The lowest BCUT2D eigenvalue weighted by atomic mass is 10.2. The number of aromatic nitrogens is 4. The highest BCUT2D eigenvalue weighted by atomic mass is 35.5. The van der Waals surface area contributed by atoms with Crippen molar-refractivity contribution in [2.45, 2.75) is 18.7 Å². The third-order valence-corrected chi connectivity index (χ3v) is 6.54. The quantitative estimate of drug-likeness (QED) is 0.345. The second kappa shape index (κ2) is 10.2. The highest BCUT2D eigenvalue weighted by Gasteiger charge is 2.13. The van der Waals surface area contributed by atoms with Gasteiger partial charge in [-0.3, -0.25) is 4.79 Å². The SMILES string of the molecule is Cc1cccc(OCc2nnc(SCC(=O)Nc3nc(-c4ccc(Cl)cc4)cs3)n2C)c1. The fraction of sp³-hybridized carbons (Fsp3) is 0.182. The summed E-state index contributed by atoms with van der Waals surface area (Å²) in [5.41, 5.74) is 2.87. The van der Waals surface area contributed by atoms with Crippen molar-refractivity contribution in [3.63, 3.8) is 0 Å². The van der Waals surface area contributed by atoms with Crippen LogP contribution in [0.25, 0.3) is 11.3 Å². The van der Waals surface area contributed by atoms with Crippen molar-refractivity contribution in [2.24, 2.45) is 7.05 Å². The minimum absolute atomic E-state index is 0.160. The Hall–Kier alpha value is -2.88. The number of amides is 1. The molecule has 0 bridgehead atoms. The molecule has 2 aromatic carbocycles. The average molecular weight is 486 g/mol. The number of rotatable bonds is 8. The van der Waals surface area contributed by atoms with Gasteiger partial charge in [0.1, 0.15) is 12.4 Å². The number of thioether (sulfide) groups is 1. The Morgan fingerprint density at radius 1 is 1.22 bits per heavy atom. The Morgan fingerprint density at radius 3 is 2.81 bits per heavy atom. The summed E-state index contributed by atoms with van der Waals surface area (Å²) >= 11 is 8.61. The molecule has 1 amide bonds. The van der Waals surface area contributed by atoms with Crippen LogP contribution >= 0.6 is 34.7 Å². The maximum absolute atomic E-state index is 12.4. The molecule has 0 spiro atoms. The molecule has 0 atom stereocenters. The molecule has 0 aliphatic heterocycles. The number of halogens is 1. The molecule has 32 heavy (non-hydrogen) atoms. The largest absolute Gasteiger partial charge is 0.486 e. The molecule has 2 aromatic heterocycles. The number of thiazole rings is 1. The predicted molar refractivity (Wildman–Crippen MR) is 128 cm³/mol. The summed E-state index contributed by atoms with van der Waals surface area (Å²) in [5, 5.41) is 14.9. The summed E-state index contributed by atoms with van der Waals surface area (Å²) in [6.07, 6.45) is 0. The number of anilines is 1. The number of ether oxygens (including phenoxy) is 1. The summed E-state index contributed by atoms with van der Waals surface area (Å²) < 4.78 is 7.62. The van der Waals surface area contributed by atoms with Crippen LogP contribution in [0.5, 0.6) is 5.75 Å². The van der Waals surface area contributed by atoms with E-state index in [1.165, 1.54) is 23.1 Å². The summed E-state index contributed by atoms with van der Waals surface area (Å²) in [4.78, 5) is 16.8. The normalized spacial score (nSPS) is 10.8. The minimum Gasteiger partial charge on any atom is -0.486 e. The first-order valence-electron chi connectivity index (χ1n) is 9.70. The molecule has 0 fully saturated rings. The van der Waals surface area contributed by atoms with Crippen LogP contribution in [0.3, 0.4) is 0 Å². The number of benzene rings is 2. The van der Waals surface area contributed by atoms with E-state index < -0.39 is 0 Å². The number of nitrogens with one attached hydrogen (secondary N) is 1. The monoisotopic (exact) mass is 485 g/mol. The Kier molecular flexibility index (Phi) is 7.09. The van der Waals surface area contributed by atoms with Crippen LogP contribution < -0.4 is 10.1 Å². The van der Waals surface area contributed by atoms with Crippen molar-refractivity contribution in [1.82, 2.24) is 19.7 Å². The van der Waals surface area contributed by atoms with Crippen molar-refractivity contribution in [3.8, 4) is 17.0 Å². The Labute approximate surface area is 198 Å². The van der Waals surface area contributed by atoms with Gasteiger partial charge in [-0.25, -0.2) is 4.98 Å². The first kappa shape index (κ1) is 22.3. The van der Waals surface area contributed by atoms with Crippen LogP contribution in [0.1, 0.15) is 11.4 Å². The van der Waals surface area contributed by atoms with E-state index in [1.807, 2.05) is 72.4 Å². The topological polar surface area (TPSA) is 81.9 Å². The standard InChI is InChI=1S/C22H20ClN5O2S2/c1-14-4-3-5-17(10-14)30-11-19-26-27-22(28(19)2)32-13-20(29)25-21-24-18(12-31-21)15-6-8-16(23)9-7-15/h3-10,12H,11,13H2,1-2H3,(H,24,25,29). The number of aryl methyl sites for hydroxylation is 1. The molecule has 10 heteroatoms. The molecule has 0 aliphatic rings. The van der Waals surface area contributed by atoms with Crippen molar-refractivity contribution in [3.05, 3.63) is 70.3 Å². The molecule has 4 aromatic rings. The molecule has 7 nitrogen and oxygen atoms in total. The van der Waals surface area contributed by atoms with Crippen molar-refractivity contribution in [2.75, 3.05) is 11.1 Å². The maximum Gasteiger partial charge on any atom is 0.236 e. The number of nitrogens with zero attached hydrogens (tertiary/aromatic N) is 4. The molecule has 1 N–H and O–H groups in total. The third kappa shape index (κ3) is 5.67. The molecular weight excluding hydrogens is 466 g/mol. The minimum atomic E-state index is -0.160. The van der Waals surface area contributed by atoms with Gasteiger partial charge in [0.25, 0.3) is 0 Å². The molecule has 4 rings (SSSR count). The molecule has 0 aliphatic carbocycles. The van der Waals surface area contributed by atoms with Crippen LogP contribution in [0.2, 0.25) is 5.02 Å². The number of carbonyl (C=O) groups excluding carboxylic acids is 1. The molecule has 0 radical (unpaired) electrons. The van der Waals surface area contributed by atoms with E-state index in [9.17, 15) is 4.79 Å². The highest BCUT2D eigenvalue weighted by molar-refractivity contribution is 7.99. The second-order valence-electron chi connectivity index (χ2n) is 6.94. The summed E-state index contributed by atoms with van der Waals surface area (Å²) in [7, 11) is 1.86. The molecule has 2 heterocycles. The van der Waals surface area contributed by atoms with Gasteiger partial charge in [0.2, 0.25) is 5.91 Å². The van der Waals surface area contributed by atoms with E-state index in [0.29, 0.717) is 27.7 Å². The summed E-state index contributed by atoms with van der Waals surface area (Å²) in [6, 6.07) is 15.2. The van der Waals surface area contributed by atoms with Crippen LogP contribution in [0.15, 0.2) is 59.1 Å². The van der Waals surface area contributed by atoms with E-state index in [-0.39, 0.29) is 11.7 Å². The van der Waals surface area contributed by atoms with Crippen LogP contribution in [-0.4, -0.2) is 31.4 Å². The summed E-state index contributed by atoms with van der Waals surface area (Å²) in [6.45, 7) is 2.31. The number of hydrogen-bond acceptors (Lipinski definition) is 7. The van der Waals surface area contributed by atoms with Gasteiger partial charge in [-0.15, -0.1) is 21.5 Å². The first-order valence-corrected chi connectivity index (χ1v) is 11.9. The van der Waals surface area contributed by atoms with Crippen LogP contribution in [0, 0.1) is 6.92 Å². The molecule has 0 saturated carbocycles. The molecule has 0 saturated heterocycles. The Morgan fingerprint density at radius 2 is 2.03 bits per heavy atom. The van der Waals surface area contributed by atoms with E-state index in [1.54, 1.807) is 0 Å². The lowest BCUT2D eigenvalue weighted by molar-refractivity contribution is -0.113. The van der Waals surface area contributed by atoms with Gasteiger partial charge in [-0.2, -0.15) is 0 Å². The van der Waals surface area contributed by atoms with Gasteiger partial charge in [0, 0.05) is 23.0 Å². The van der Waals surface area contributed by atoms with E-state index in [2.05, 4.69) is 20.5 Å². The predicted octanol–water partition coefficient (Wildman–Crippen LogP) is 5.21. The second-order valence-corrected chi connectivity index (χ2v) is 9.18. The van der Waals surface area contributed by atoms with Gasteiger partial charge in [-0.1, -0.05) is 47.6 Å². The lowest BCUT2D eigenvalue weighted by Crippen LogP contribution is -2.14. The maximum atomic E-state index is 12.4. The zero-order chi connectivity index (χ0) is 22.5. The van der Waals surface area contributed by atoms with Crippen LogP contribution in [-0.2, 0) is 18.4 Å². The fourth-order valence-electron chi connectivity index (χ4n) is 2.82. The van der Waals surface area contributed by atoms with Gasteiger partial charge in [0.15, 0.2) is 16.1 Å². The van der Waals surface area contributed by atoms with Gasteiger partial charge < -0.3 is 14.6 Å². The van der Waals surface area contributed by atoms with E-state index in [0.717, 1.165) is 22.6 Å². The van der Waals surface area contributed by atoms with Crippen molar-refractivity contribution in [1.29, 1.82) is 0 Å². The zero-order valence-electron chi connectivity index (χ0n) is 17.4. The van der Waals surface area contributed by atoms with Gasteiger partial charge in [-0.05, 0) is 36.8 Å². The van der Waals surface area contributed by atoms with Gasteiger partial charge >= 0.3 is 0 Å². The average Bonchev–Trinajstić information content (AvgIpc) is 3.38. The zero-order valence-corrected chi connectivity index (χ0v) is 19.8. The van der Waals surface area contributed by atoms with Crippen molar-refractivity contribution >= 4 is 45.7 Å². The van der Waals surface area contributed by atoms with E-state index >= 15 is 0 Å². The number of hydrogen-bond donors (Lipinski definition) is 1. The molecule has 164 valence electrons. The highest BCUT2D eigenvalue weighted by Crippen LogP contribution is 2.26. The fourth-order valence-corrected chi connectivity index (χ4v) is 4.41. The van der Waals surface area contributed by atoms with E-state index in [4.69, 9.17) is 16.3 Å². The Bertz CT molecular complexity index is 1220. The lowest BCUT2D eigenvalue weighted by Gasteiger charge is -2.07. The van der Waals surface area contributed by atoms with Crippen molar-refractivity contribution < 1.29 is 9.53 Å². The van der Waals surface area contributed by atoms with Crippen LogP contribution in [0.4, 0.5) is 5.13 Å². The Balaban J connectivity index is 1.29. The molecule has 0 unspecified atom stereocenters. The number of carbonyl (C=O) groups is 1. The third-order valence-electron chi connectivity index (χ3n) is 4.51.